The van der Waals surface area contributed by atoms with E-state index in [-0.39, 0.29) is 17.0 Å². The van der Waals surface area contributed by atoms with E-state index in [0.29, 0.717) is 0 Å². The highest BCUT2D eigenvalue weighted by atomic mass is 19.1. The predicted octanol–water partition coefficient (Wildman–Crippen LogP) is 1.14. The normalized spacial score (nSPS) is 11.5. The van der Waals surface area contributed by atoms with E-state index in [1.165, 1.54) is 6.92 Å². The molecule has 0 saturated heterocycles. The average molecular weight is 213 g/mol. The Morgan fingerprint density at radius 1 is 1.67 bits per heavy atom. The lowest BCUT2D eigenvalue weighted by atomic mass is 10.1. The first kappa shape index (κ1) is 10.9. The number of rotatable bonds is 2. The molecule has 0 aliphatic carbocycles. The van der Waals surface area contributed by atoms with Gasteiger partial charge in [0.2, 0.25) is 0 Å². The summed E-state index contributed by atoms with van der Waals surface area (Å²) in [5.74, 6) is -1.15. The van der Waals surface area contributed by atoms with E-state index >= 15 is 0 Å². The summed E-state index contributed by atoms with van der Waals surface area (Å²) in [7, 11) is 0. The fourth-order valence-electron chi connectivity index (χ4n) is 1.06. The van der Waals surface area contributed by atoms with Crippen LogP contribution in [0.4, 0.5) is 10.1 Å². The highest BCUT2D eigenvalue weighted by molar-refractivity contribution is 5.97. The Hall–Kier alpha value is -2.18. The first-order valence-corrected chi connectivity index (χ1v) is 3.89. The molecule has 0 amide bonds. The molecule has 1 rings (SSSR count). The third-order valence-corrected chi connectivity index (χ3v) is 1.92. The van der Waals surface area contributed by atoms with Crippen LogP contribution < -0.4 is 5.73 Å². The van der Waals surface area contributed by atoms with Crippen molar-refractivity contribution in [3.8, 4) is 0 Å². The largest absolute Gasteiger partial charge is 0.409 e. The Morgan fingerprint density at radius 2 is 2.27 bits per heavy atom. The molecule has 80 valence electrons. The van der Waals surface area contributed by atoms with Gasteiger partial charge in [-0.3, -0.25) is 10.1 Å². The molecule has 0 aromatic heterocycles. The van der Waals surface area contributed by atoms with Crippen LogP contribution in [0.5, 0.6) is 0 Å². The van der Waals surface area contributed by atoms with Crippen molar-refractivity contribution in [2.45, 2.75) is 6.92 Å². The van der Waals surface area contributed by atoms with Crippen molar-refractivity contribution in [1.82, 2.24) is 0 Å². The topological polar surface area (TPSA) is 102 Å². The van der Waals surface area contributed by atoms with Crippen LogP contribution in [0.25, 0.3) is 0 Å². The molecule has 0 fully saturated rings. The number of amidine groups is 1. The molecule has 3 N–H and O–H groups in total. The number of oxime groups is 1. The van der Waals surface area contributed by atoms with Crippen LogP contribution in [0, 0.1) is 22.9 Å². The van der Waals surface area contributed by atoms with Gasteiger partial charge in [-0.2, -0.15) is 0 Å². The van der Waals surface area contributed by atoms with E-state index in [9.17, 15) is 14.5 Å². The number of halogens is 1. The monoisotopic (exact) mass is 213 g/mol. The van der Waals surface area contributed by atoms with Gasteiger partial charge >= 0.3 is 0 Å². The van der Waals surface area contributed by atoms with Crippen molar-refractivity contribution in [2.24, 2.45) is 10.9 Å². The molecule has 0 atom stereocenters. The number of nitro benzene ring substituents is 1. The molecule has 15 heavy (non-hydrogen) atoms. The molecule has 0 aliphatic heterocycles. The summed E-state index contributed by atoms with van der Waals surface area (Å²) < 4.78 is 13.2. The van der Waals surface area contributed by atoms with Crippen LogP contribution in [0.3, 0.4) is 0 Å². The minimum atomic E-state index is -0.772. The minimum Gasteiger partial charge on any atom is -0.409 e. The smallest absolute Gasteiger partial charge is 0.275 e. The Bertz CT molecular complexity index is 445. The number of nitrogens with two attached hydrogens (primary N) is 1. The number of benzene rings is 1. The lowest BCUT2D eigenvalue weighted by Crippen LogP contribution is -2.14. The number of hydrogen-bond donors (Lipinski definition) is 2. The second kappa shape index (κ2) is 3.91. The predicted molar refractivity (Wildman–Crippen MR) is 50.3 cm³/mol. The molecule has 7 heteroatoms. The van der Waals surface area contributed by atoms with Crippen LogP contribution in [0.15, 0.2) is 17.3 Å². The van der Waals surface area contributed by atoms with Gasteiger partial charge in [0.25, 0.3) is 5.69 Å². The second-order valence-electron chi connectivity index (χ2n) is 2.84. The first-order valence-electron chi connectivity index (χ1n) is 3.89. The molecule has 0 spiro atoms. The van der Waals surface area contributed by atoms with Crippen molar-refractivity contribution in [3.63, 3.8) is 0 Å². The van der Waals surface area contributed by atoms with Gasteiger partial charge in [-0.1, -0.05) is 5.16 Å². The molecule has 0 bridgehead atoms. The average Bonchev–Trinajstić information content (AvgIpc) is 2.20. The standard InChI is InChI=1S/C8H8FN3O3/c1-4-6(9)2-5(8(10)11-13)3-7(4)12(14)15/h2-3,13H,1H3,(H2,10,11). The van der Waals surface area contributed by atoms with Gasteiger partial charge in [0, 0.05) is 11.6 Å². The summed E-state index contributed by atoms with van der Waals surface area (Å²) in [5.41, 5.74) is 4.66. The third-order valence-electron chi connectivity index (χ3n) is 1.92. The van der Waals surface area contributed by atoms with E-state index in [4.69, 9.17) is 10.9 Å². The summed E-state index contributed by atoms with van der Waals surface area (Å²) in [6, 6.07) is 2.02. The number of nitrogens with zero attached hydrogens (tertiary/aromatic N) is 2. The van der Waals surface area contributed by atoms with Gasteiger partial charge in [-0.25, -0.2) is 4.39 Å². The van der Waals surface area contributed by atoms with Crippen LogP contribution in [-0.2, 0) is 0 Å². The summed E-state index contributed by atoms with van der Waals surface area (Å²) >= 11 is 0. The zero-order valence-corrected chi connectivity index (χ0v) is 7.77. The fraction of sp³-hybridized carbons (Fsp3) is 0.125. The Kier molecular flexibility index (Phi) is 2.84. The molecule has 1 aromatic rings. The van der Waals surface area contributed by atoms with Crippen LogP contribution >= 0.6 is 0 Å². The van der Waals surface area contributed by atoms with E-state index in [2.05, 4.69) is 5.16 Å². The van der Waals surface area contributed by atoms with Crippen molar-refractivity contribution < 1.29 is 14.5 Å². The van der Waals surface area contributed by atoms with Gasteiger partial charge in [-0.05, 0) is 13.0 Å². The molecule has 0 heterocycles. The molecule has 0 unspecified atom stereocenters. The minimum absolute atomic E-state index is 0.0349. The lowest BCUT2D eigenvalue weighted by Gasteiger charge is -2.02. The van der Waals surface area contributed by atoms with E-state index in [0.717, 1.165) is 12.1 Å². The second-order valence-corrected chi connectivity index (χ2v) is 2.84. The van der Waals surface area contributed by atoms with Crippen LogP contribution in [0.1, 0.15) is 11.1 Å². The summed E-state index contributed by atoms with van der Waals surface area (Å²) in [5, 5.41) is 21.5. The Balaban J connectivity index is 3.42. The molecular weight excluding hydrogens is 205 g/mol. The van der Waals surface area contributed by atoms with Gasteiger partial charge in [-0.15, -0.1) is 0 Å². The summed E-state index contributed by atoms with van der Waals surface area (Å²) in [6.45, 7) is 1.28. The molecule has 6 nitrogen and oxygen atoms in total. The maximum Gasteiger partial charge on any atom is 0.275 e. The molecular formula is C8H8FN3O3. The summed E-state index contributed by atoms with van der Waals surface area (Å²) in [4.78, 5) is 9.80. The maximum atomic E-state index is 13.2. The van der Waals surface area contributed by atoms with Crippen LogP contribution in [0.2, 0.25) is 0 Å². The Labute approximate surface area is 84.0 Å². The van der Waals surface area contributed by atoms with Crippen molar-refractivity contribution in [2.75, 3.05) is 0 Å². The first-order chi connectivity index (χ1) is 6.97. The zero-order valence-electron chi connectivity index (χ0n) is 7.77. The van der Waals surface area contributed by atoms with E-state index in [1.807, 2.05) is 0 Å². The molecule has 0 radical (unpaired) electrons. The van der Waals surface area contributed by atoms with Gasteiger partial charge in [0.05, 0.1) is 10.5 Å². The van der Waals surface area contributed by atoms with E-state index < -0.39 is 16.4 Å². The van der Waals surface area contributed by atoms with Gasteiger partial charge in [0.15, 0.2) is 5.84 Å². The van der Waals surface area contributed by atoms with Gasteiger partial charge in [0.1, 0.15) is 5.82 Å². The Morgan fingerprint density at radius 3 is 2.73 bits per heavy atom. The molecule has 1 aromatic carbocycles. The van der Waals surface area contributed by atoms with Crippen molar-refractivity contribution in [3.05, 3.63) is 39.2 Å². The maximum absolute atomic E-state index is 13.2. The number of nitro groups is 1. The van der Waals surface area contributed by atoms with E-state index in [1.54, 1.807) is 0 Å². The fourth-order valence-corrected chi connectivity index (χ4v) is 1.06. The zero-order chi connectivity index (χ0) is 11.6. The molecule has 0 aliphatic rings. The molecule has 0 saturated carbocycles. The lowest BCUT2D eigenvalue weighted by molar-refractivity contribution is -0.385. The highest BCUT2D eigenvalue weighted by Gasteiger charge is 2.17. The number of hydrogen-bond acceptors (Lipinski definition) is 4. The SMILES string of the molecule is Cc1c(F)cc(C(N)=NO)cc1[N+](=O)[O-]. The highest BCUT2D eigenvalue weighted by Crippen LogP contribution is 2.22. The van der Waals surface area contributed by atoms with Gasteiger partial charge < -0.3 is 10.9 Å². The third kappa shape index (κ3) is 2.01. The summed E-state index contributed by atoms with van der Waals surface area (Å²) in [6.07, 6.45) is 0. The quantitative estimate of drug-likeness (QED) is 0.253. The van der Waals surface area contributed by atoms with Crippen LogP contribution in [-0.4, -0.2) is 16.0 Å². The van der Waals surface area contributed by atoms with Crippen molar-refractivity contribution >= 4 is 11.5 Å². The van der Waals surface area contributed by atoms with Crippen molar-refractivity contribution in [1.29, 1.82) is 0 Å².